The third-order valence-corrected chi connectivity index (χ3v) is 1.47. The number of nitrogens with two attached hydrogens (primary N) is 1. The number of nitrogens with zero attached hydrogens (tertiary/aromatic N) is 3. The number of aliphatic imine (C=N–C) groups is 1. The minimum atomic E-state index is 0.202. The van der Waals surface area contributed by atoms with Crippen LogP contribution in [0.15, 0.2) is 17.5 Å². The Hall–Kier alpha value is -1.36. The molecule has 1 aromatic heterocycles. The van der Waals surface area contributed by atoms with Gasteiger partial charge in [0.1, 0.15) is 5.69 Å². The van der Waals surface area contributed by atoms with Gasteiger partial charge in [0.25, 0.3) is 0 Å². The summed E-state index contributed by atoms with van der Waals surface area (Å²) in [7, 11) is 1.90. The Morgan fingerprint density at radius 2 is 2.38 bits per heavy atom. The number of nitrogens with one attached hydrogen (secondary N) is 1. The average Bonchev–Trinajstić information content (AvgIpc) is 2.47. The van der Waals surface area contributed by atoms with E-state index in [1.165, 1.54) is 0 Å². The monoisotopic (exact) mass is 181 g/mol. The summed E-state index contributed by atoms with van der Waals surface area (Å²) in [5.74, 6) is 5.95. The van der Waals surface area contributed by atoms with E-state index < -0.39 is 0 Å². The van der Waals surface area contributed by atoms with Crippen LogP contribution in [-0.4, -0.2) is 21.4 Å². The second kappa shape index (κ2) is 4.04. The maximum atomic E-state index is 5.33. The number of imidazole rings is 1. The summed E-state index contributed by atoms with van der Waals surface area (Å²) in [6, 6.07) is 0.202. The molecule has 0 aromatic carbocycles. The molecule has 72 valence electrons. The van der Waals surface area contributed by atoms with Gasteiger partial charge >= 0.3 is 0 Å². The molecule has 0 saturated carbocycles. The van der Waals surface area contributed by atoms with Crippen molar-refractivity contribution in [2.45, 2.75) is 19.9 Å². The molecular formula is C8H15N5. The van der Waals surface area contributed by atoms with Crippen LogP contribution in [0.4, 0.5) is 0 Å². The number of aromatic nitrogens is 2. The van der Waals surface area contributed by atoms with Gasteiger partial charge in [0, 0.05) is 19.3 Å². The first-order valence-corrected chi connectivity index (χ1v) is 4.16. The molecule has 1 rings (SSSR count). The molecule has 0 amide bonds. The van der Waals surface area contributed by atoms with Gasteiger partial charge in [-0.25, -0.2) is 10.8 Å². The summed E-state index contributed by atoms with van der Waals surface area (Å²) in [5, 5.41) is 0. The van der Waals surface area contributed by atoms with Crippen LogP contribution in [0.3, 0.4) is 0 Å². The summed E-state index contributed by atoms with van der Waals surface area (Å²) >= 11 is 0. The molecule has 5 nitrogen and oxygen atoms in total. The number of hydrogen-bond acceptors (Lipinski definition) is 3. The highest BCUT2D eigenvalue weighted by Gasteiger charge is 2.04. The molecule has 0 unspecified atom stereocenters. The van der Waals surface area contributed by atoms with Gasteiger partial charge in [0.15, 0.2) is 5.84 Å². The minimum absolute atomic E-state index is 0.202. The fourth-order valence-corrected chi connectivity index (χ4v) is 0.971. The molecule has 3 N–H and O–H groups in total. The molecule has 1 aromatic rings. The molecule has 0 radical (unpaired) electrons. The van der Waals surface area contributed by atoms with Gasteiger partial charge < -0.3 is 9.99 Å². The fraction of sp³-hybridized carbons (Fsp3) is 0.500. The van der Waals surface area contributed by atoms with E-state index in [2.05, 4.69) is 15.4 Å². The summed E-state index contributed by atoms with van der Waals surface area (Å²) < 4.78 is 1.85. The highest BCUT2D eigenvalue weighted by atomic mass is 15.3. The van der Waals surface area contributed by atoms with Crippen molar-refractivity contribution < 1.29 is 0 Å². The number of rotatable bonds is 2. The lowest BCUT2D eigenvalue weighted by Gasteiger charge is -2.03. The lowest BCUT2D eigenvalue weighted by molar-refractivity contribution is 0.819. The average molecular weight is 181 g/mol. The van der Waals surface area contributed by atoms with Crippen LogP contribution >= 0.6 is 0 Å². The van der Waals surface area contributed by atoms with Crippen molar-refractivity contribution >= 4 is 5.84 Å². The Morgan fingerprint density at radius 1 is 1.69 bits per heavy atom. The first-order valence-electron chi connectivity index (χ1n) is 4.16. The molecular weight excluding hydrogens is 166 g/mol. The number of aryl methyl sites for hydroxylation is 1. The Kier molecular flexibility index (Phi) is 3.02. The largest absolute Gasteiger partial charge is 0.340 e. The molecule has 0 saturated heterocycles. The van der Waals surface area contributed by atoms with E-state index in [-0.39, 0.29) is 6.04 Å². The van der Waals surface area contributed by atoms with Crippen molar-refractivity contribution in [2.24, 2.45) is 17.9 Å². The number of amidine groups is 1. The van der Waals surface area contributed by atoms with Crippen LogP contribution in [0, 0.1) is 0 Å². The molecule has 5 heteroatoms. The van der Waals surface area contributed by atoms with Crippen LogP contribution in [-0.2, 0) is 7.05 Å². The topological polar surface area (TPSA) is 68.2 Å². The molecule has 0 bridgehead atoms. The van der Waals surface area contributed by atoms with E-state index in [0.29, 0.717) is 5.84 Å². The predicted octanol–water partition coefficient (Wildman–Crippen LogP) is 0.0384. The highest BCUT2D eigenvalue weighted by molar-refractivity contribution is 5.96. The maximum Gasteiger partial charge on any atom is 0.163 e. The zero-order valence-corrected chi connectivity index (χ0v) is 8.15. The van der Waals surface area contributed by atoms with Gasteiger partial charge in [-0.15, -0.1) is 0 Å². The fourth-order valence-electron chi connectivity index (χ4n) is 0.971. The van der Waals surface area contributed by atoms with Crippen molar-refractivity contribution in [3.8, 4) is 0 Å². The molecule has 0 fully saturated rings. The van der Waals surface area contributed by atoms with E-state index in [4.69, 9.17) is 5.84 Å². The number of hydrazine groups is 1. The Labute approximate surface area is 77.7 Å². The Bertz CT molecular complexity index is 299. The SMILES string of the molecule is CC(C)N=C(NN)c1cn(C)cn1. The molecule has 0 aliphatic carbocycles. The van der Waals surface area contributed by atoms with Crippen molar-refractivity contribution in [1.82, 2.24) is 15.0 Å². The smallest absolute Gasteiger partial charge is 0.163 e. The molecule has 0 aliphatic heterocycles. The minimum Gasteiger partial charge on any atom is -0.340 e. The predicted molar refractivity (Wildman–Crippen MR) is 52.2 cm³/mol. The lowest BCUT2D eigenvalue weighted by Crippen LogP contribution is -2.32. The number of hydrogen-bond donors (Lipinski definition) is 2. The zero-order valence-electron chi connectivity index (χ0n) is 8.15. The van der Waals surface area contributed by atoms with E-state index >= 15 is 0 Å². The maximum absolute atomic E-state index is 5.33. The highest BCUT2D eigenvalue weighted by Crippen LogP contribution is 1.97. The summed E-state index contributed by atoms with van der Waals surface area (Å²) in [6.07, 6.45) is 3.57. The normalized spacial score (nSPS) is 12.2. The van der Waals surface area contributed by atoms with Crippen LogP contribution in [0.1, 0.15) is 19.5 Å². The van der Waals surface area contributed by atoms with Gasteiger partial charge in [0.2, 0.25) is 0 Å². The van der Waals surface area contributed by atoms with Crippen molar-refractivity contribution in [1.29, 1.82) is 0 Å². The third kappa shape index (κ3) is 2.55. The molecule has 13 heavy (non-hydrogen) atoms. The Morgan fingerprint density at radius 3 is 2.77 bits per heavy atom. The first-order chi connectivity index (χ1) is 6.13. The summed E-state index contributed by atoms with van der Waals surface area (Å²) in [6.45, 7) is 3.97. The van der Waals surface area contributed by atoms with Gasteiger partial charge in [-0.2, -0.15) is 0 Å². The summed E-state index contributed by atoms with van der Waals surface area (Å²) in [4.78, 5) is 8.41. The van der Waals surface area contributed by atoms with Gasteiger partial charge in [-0.3, -0.25) is 4.99 Å². The van der Waals surface area contributed by atoms with Crippen molar-refractivity contribution in [3.05, 3.63) is 18.2 Å². The van der Waals surface area contributed by atoms with E-state index in [0.717, 1.165) is 5.69 Å². The van der Waals surface area contributed by atoms with Crippen LogP contribution in [0.2, 0.25) is 0 Å². The quantitative estimate of drug-likeness (QED) is 0.293. The first kappa shape index (κ1) is 9.73. The molecule has 0 spiro atoms. The van der Waals surface area contributed by atoms with Crippen LogP contribution in [0.25, 0.3) is 0 Å². The van der Waals surface area contributed by atoms with Crippen molar-refractivity contribution in [3.63, 3.8) is 0 Å². The third-order valence-electron chi connectivity index (χ3n) is 1.47. The van der Waals surface area contributed by atoms with Gasteiger partial charge in [0.05, 0.1) is 6.33 Å². The molecule has 1 heterocycles. The van der Waals surface area contributed by atoms with E-state index in [9.17, 15) is 0 Å². The van der Waals surface area contributed by atoms with Gasteiger partial charge in [-0.05, 0) is 13.8 Å². The van der Waals surface area contributed by atoms with Crippen LogP contribution < -0.4 is 11.3 Å². The Balaban J connectivity index is 2.90. The van der Waals surface area contributed by atoms with Crippen LogP contribution in [0.5, 0.6) is 0 Å². The molecule has 0 atom stereocenters. The van der Waals surface area contributed by atoms with E-state index in [1.54, 1.807) is 6.33 Å². The van der Waals surface area contributed by atoms with E-state index in [1.807, 2.05) is 31.7 Å². The van der Waals surface area contributed by atoms with Gasteiger partial charge in [-0.1, -0.05) is 0 Å². The molecule has 0 aliphatic rings. The van der Waals surface area contributed by atoms with Crippen molar-refractivity contribution in [2.75, 3.05) is 0 Å². The second-order valence-corrected chi connectivity index (χ2v) is 3.14. The standard InChI is InChI=1S/C8H15N5/c1-6(2)11-8(12-9)7-4-13(3)5-10-7/h4-6H,9H2,1-3H3,(H,11,12). The summed E-state index contributed by atoms with van der Waals surface area (Å²) in [5.41, 5.74) is 3.30. The second-order valence-electron chi connectivity index (χ2n) is 3.14. The lowest BCUT2D eigenvalue weighted by atomic mass is 10.4. The zero-order chi connectivity index (χ0) is 9.84.